The summed E-state index contributed by atoms with van der Waals surface area (Å²) in [6.07, 6.45) is 1.15. The van der Waals surface area contributed by atoms with Crippen LogP contribution in [-0.2, 0) is 10.3 Å². The molecule has 1 atom stereocenters. The second kappa shape index (κ2) is 7.02. The first-order chi connectivity index (χ1) is 10.1. The number of carbonyl (C=O) groups is 1. The van der Waals surface area contributed by atoms with Crippen molar-refractivity contribution in [2.24, 2.45) is 5.73 Å². The molecule has 1 heterocycles. The largest absolute Gasteiger partial charge is 0.480 e. The summed E-state index contributed by atoms with van der Waals surface area (Å²) in [4.78, 5) is 16.3. The lowest BCUT2D eigenvalue weighted by atomic mass is 9.90. The Morgan fingerprint density at radius 2 is 1.76 bits per heavy atom. The van der Waals surface area contributed by atoms with Crippen LogP contribution in [0.2, 0.25) is 0 Å². The van der Waals surface area contributed by atoms with E-state index in [0.717, 1.165) is 39.1 Å². The summed E-state index contributed by atoms with van der Waals surface area (Å²) in [5.41, 5.74) is 5.55. The normalized spacial score (nSPS) is 20.1. The maximum absolute atomic E-state index is 11.7. The monoisotopic (exact) mass is 291 g/mol. The minimum atomic E-state index is -1.34. The lowest BCUT2D eigenvalue weighted by molar-refractivity contribution is -0.144. The number of aliphatic carboxylic acids is 1. The smallest absolute Gasteiger partial charge is 0.329 e. The fourth-order valence-corrected chi connectivity index (χ4v) is 2.86. The van der Waals surface area contributed by atoms with E-state index in [1.54, 1.807) is 12.1 Å². The van der Waals surface area contributed by atoms with Gasteiger partial charge in [-0.2, -0.15) is 0 Å². The minimum Gasteiger partial charge on any atom is -0.480 e. The first kappa shape index (κ1) is 15.9. The summed E-state index contributed by atoms with van der Waals surface area (Å²) in [5.74, 6) is -0.968. The van der Waals surface area contributed by atoms with Crippen LogP contribution in [0.25, 0.3) is 0 Å². The van der Waals surface area contributed by atoms with Gasteiger partial charge in [0.05, 0.1) is 0 Å². The van der Waals surface area contributed by atoms with Gasteiger partial charge in [0.25, 0.3) is 0 Å². The molecule has 1 fully saturated rings. The Morgan fingerprint density at radius 1 is 1.19 bits per heavy atom. The van der Waals surface area contributed by atoms with E-state index in [1.165, 1.54) is 0 Å². The van der Waals surface area contributed by atoms with Crippen molar-refractivity contribution in [2.75, 3.05) is 39.3 Å². The van der Waals surface area contributed by atoms with Gasteiger partial charge in [0.1, 0.15) is 0 Å². The highest BCUT2D eigenvalue weighted by Crippen LogP contribution is 2.21. The molecule has 5 nitrogen and oxygen atoms in total. The van der Waals surface area contributed by atoms with Crippen molar-refractivity contribution >= 4 is 5.97 Å². The van der Waals surface area contributed by atoms with Crippen LogP contribution < -0.4 is 5.73 Å². The van der Waals surface area contributed by atoms with Gasteiger partial charge in [-0.3, -0.25) is 4.90 Å². The van der Waals surface area contributed by atoms with E-state index >= 15 is 0 Å². The number of piperazine rings is 1. The molecular formula is C16H25N3O2. The zero-order valence-corrected chi connectivity index (χ0v) is 12.7. The highest BCUT2D eigenvalue weighted by molar-refractivity contribution is 5.80. The van der Waals surface area contributed by atoms with E-state index in [4.69, 9.17) is 5.73 Å². The molecule has 21 heavy (non-hydrogen) atoms. The van der Waals surface area contributed by atoms with E-state index in [2.05, 4.69) is 16.7 Å². The van der Waals surface area contributed by atoms with Gasteiger partial charge in [0, 0.05) is 32.7 Å². The molecule has 1 saturated heterocycles. The number of hydrogen-bond acceptors (Lipinski definition) is 4. The van der Waals surface area contributed by atoms with Gasteiger partial charge in [-0.1, -0.05) is 37.3 Å². The number of rotatable bonds is 6. The Balaban J connectivity index is 2.03. The lowest BCUT2D eigenvalue weighted by Gasteiger charge is -2.38. The number of benzene rings is 1. The van der Waals surface area contributed by atoms with Crippen molar-refractivity contribution in [3.63, 3.8) is 0 Å². The molecule has 0 bridgehead atoms. The van der Waals surface area contributed by atoms with Gasteiger partial charge in [0.15, 0.2) is 5.54 Å². The van der Waals surface area contributed by atoms with Crippen LogP contribution in [0.4, 0.5) is 0 Å². The molecule has 1 aromatic rings. The topological polar surface area (TPSA) is 69.8 Å². The molecule has 0 radical (unpaired) electrons. The van der Waals surface area contributed by atoms with Gasteiger partial charge >= 0.3 is 5.97 Å². The Labute approximate surface area is 126 Å². The Morgan fingerprint density at radius 3 is 2.29 bits per heavy atom. The number of carboxylic acid groups (broad SMARTS) is 1. The van der Waals surface area contributed by atoms with E-state index in [9.17, 15) is 9.90 Å². The highest BCUT2D eigenvalue weighted by atomic mass is 16.4. The van der Waals surface area contributed by atoms with E-state index in [0.29, 0.717) is 12.1 Å². The van der Waals surface area contributed by atoms with Crippen LogP contribution in [0, 0.1) is 0 Å². The fraction of sp³-hybridized carbons (Fsp3) is 0.562. The summed E-state index contributed by atoms with van der Waals surface area (Å²) < 4.78 is 0. The molecule has 1 aliphatic rings. The Hall–Kier alpha value is -1.43. The Kier molecular flexibility index (Phi) is 5.33. The molecule has 1 unspecified atom stereocenters. The summed E-state index contributed by atoms with van der Waals surface area (Å²) in [7, 11) is 0. The van der Waals surface area contributed by atoms with Crippen molar-refractivity contribution in [2.45, 2.75) is 18.9 Å². The second-order valence-electron chi connectivity index (χ2n) is 5.76. The third-order valence-corrected chi connectivity index (χ3v) is 4.15. The quantitative estimate of drug-likeness (QED) is 0.817. The van der Waals surface area contributed by atoms with Crippen LogP contribution in [0.5, 0.6) is 0 Å². The van der Waals surface area contributed by atoms with Gasteiger partial charge in [0.2, 0.25) is 0 Å². The van der Waals surface area contributed by atoms with E-state index in [1.807, 2.05) is 18.2 Å². The van der Waals surface area contributed by atoms with Crippen LogP contribution in [0.15, 0.2) is 30.3 Å². The SMILES string of the molecule is CCCN1CCN(CC(N)(C(=O)O)c2ccccc2)CC1. The van der Waals surface area contributed by atoms with E-state index in [-0.39, 0.29) is 0 Å². The molecule has 0 saturated carbocycles. The van der Waals surface area contributed by atoms with E-state index < -0.39 is 11.5 Å². The molecule has 0 spiro atoms. The predicted molar refractivity (Wildman–Crippen MR) is 83.1 cm³/mol. The van der Waals surface area contributed by atoms with Gasteiger partial charge < -0.3 is 15.7 Å². The fourth-order valence-electron chi connectivity index (χ4n) is 2.86. The molecule has 3 N–H and O–H groups in total. The first-order valence-electron chi connectivity index (χ1n) is 7.59. The lowest BCUT2D eigenvalue weighted by Crippen LogP contribution is -2.57. The highest BCUT2D eigenvalue weighted by Gasteiger charge is 2.38. The summed E-state index contributed by atoms with van der Waals surface area (Å²) in [6, 6.07) is 9.12. The zero-order valence-electron chi connectivity index (χ0n) is 12.7. The number of nitrogens with zero attached hydrogens (tertiary/aromatic N) is 2. The van der Waals surface area contributed by atoms with Gasteiger partial charge in [-0.15, -0.1) is 0 Å². The molecule has 5 heteroatoms. The molecule has 0 amide bonds. The average Bonchev–Trinajstić information content (AvgIpc) is 2.50. The zero-order chi connectivity index (χ0) is 15.3. The number of hydrogen-bond donors (Lipinski definition) is 2. The maximum Gasteiger partial charge on any atom is 0.329 e. The third kappa shape index (κ3) is 3.81. The standard InChI is InChI=1S/C16H25N3O2/c1-2-8-18-9-11-19(12-10-18)13-16(17,15(20)21)14-6-4-3-5-7-14/h3-7H,2,8-13,17H2,1H3,(H,20,21). The van der Waals surface area contributed by atoms with Crippen molar-refractivity contribution in [1.82, 2.24) is 9.80 Å². The van der Waals surface area contributed by atoms with Gasteiger partial charge in [-0.25, -0.2) is 4.79 Å². The third-order valence-electron chi connectivity index (χ3n) is 4.15. The van der Waals surface area contributed by atoms with Crippen molar-refractivity contribution in [3.05, 3.63) is 35.9 Å². The summed E-state index contributed by atoms with van der Waals surface area (Å²) >= 11 is 0. The Bertz CT molecular complexity index is 458. The maximum atomic E-state index is 11.7. The molecule has 0 aliphatic carbocycles. The van der Waals surface area contributed by atoms with Crippen LogP contribution in [0.1, 0.15) is 18.9 Å². The number of nitrogens with two attached hydrogens (primary N) is 1. The van der Waals surface area contributed by atoms with Crippen molar-refractivity contribution in [1.29, 1.82) is 0 Å². The molecule has 116 valence electrons. The first-order valence-corrected chi connectivity index (χ1v) is 7.59. The summed E-state index contributed by atoms with van der Waals surface area (Å²) in [5, 5.41) is 9.59. The predicted octanol–water partition coefficient (Wildman–Crippen LogP) is 0.953. The van der Waals surface area contributed by atoms with Crippen LogP contribution >= 0.6 is 0 Å². The van der Waals surface area contributed by atoms with Crippen molar-refractivity contribution < 1.29 is 9.90 Å². The molecule has 0 aromatic heterocycles. The summed E-state index contributed by atoms with van der Waals surface area (Å²) in [6.45, 7) is 7.36. The molecular weight excluding hydrogens is 266 g/mol. The minimum absolute atomic E-state index is 0.353. The molecule has 1 aromatic carbocycles. The molecule has 2 rings (SSSR count). The number of carboxylic acids is 1. The van der Waals surface area contributed by atoms with Crippen molar-refractivity contribution in [3.8, 4) is 0 Å². The molecule has 1 aliphatic heterocycles. The average molecular weight is 291 g/mol. The second-order valence-corrected chi connectivity index (χ2v) is 5.76. The van der Waals surface area contributed by atoms with Gasteiger partial charge in [-0.05, 0) is 18.5 Å². The van der Waals surface area contributed by atoms with Crippen LogP contribution in [-0.4, -0.2) is 60.1 Å². The van der Waals surface area contributed by atoms with Crippen LogP contribution in [0.3, 0.4) is 0 Å².